The highest BCUT2D eigenvalue weighted by atomic mass is 32.2. The first-order valence-electron chi connectivity index (χ1n) is 5.69. The van der Waals surface area contributed by atoms with Gasteiger partial charge >= 0.3 is 0 Å². The van der Waals surface area contributed by atoms with Crippen LogP contribution < -0.4 is 0 Å². The van der Waals surface area contributed by atoms with Crippen LogP contribution in [0.3, 0.4) is 0 Å². The Balaban J connectivity index is 3.43. The molecule has 0 heterocycles. The van der Waals surface area contributed by atoms with Gasteiger partial charge in [-0.2, -0.15) is 23.5 Å². The highest BCUT2D eigenvalue weighted by molar-refractivity contribution is 8.00. The van der Waals surface area contributed by atoms with Crippen LogP contribution in [0.15, 0.2) is 0 Å². The van der Waals surface area contributed by atoms with Crippen LogP contribution in [-0.2, 0) is 30.3 Å². The molecule has 116 valence electrons. The highest BCUT2D eigenvalue weighted by Crippen LogP contribution is 2.16. The van der Waals surface area contributed by atoms with Crippen molar-refractivity contribution in [1.82, 2.24) is 0 Å². The van der Waals surface area contributed by atoms with Crippen molar-refractivity contribution in [3.8, 4) is 0 Å². The maximum Gasteiger partial charge on any atom is 0.257 e. The maximum absolute atomic E-state index is 10.2. The molecule has 2 unspecified atom stereocenters. The molecule has 0 aromatic rings. The summed E-state index contributed by atoms with van der Waals surface area (Å²) in [6, 6.07) is 0. The third-order valence-corrected chi connectivity index (χ3v) is 5.10. The van der Waals surface area contributed by atoms with Gasteiger partial charge in [0.25, 0.3) is 22.0 Å². The van der Waals surface area contributed by atoms with Crippen LogP contribution in [0.1, 0.15) is 20.3 Å². The first kappa shape index (κ1) is 19.5. The van der Waals surface area contributed by atoms with Crippen LogP contribution in [0.4, 0.5) is 0 Å². The van der Waals surface area contributed by atoms with E-state index in [9.17, 15) is 16.8 Å². The summed E-state index contributed by atoms with van der Waals surface area (Å²) in [6.07, 6.45) is 0.969. The summed E-state index contributed by atoms with van der Waals surface area (Å²) in [6.45, 7) is 4.24. The van der Waals surface area contributed by atoms with E-state index < -0.39 is 22.0 Å². The van der Waals surface area contributed by atoms with Crippen molar-refractivity contribution in [2.75, 3.05) is 24.7 Å². The van der Waals surface area contributed by atoms with E-state index in [2.05, 4.69) is 8.37 Å². The SMILES string of the molecule is CC(CO[SH](=O)=O)SCCCSC(C)CO[SH](=O)=O. The normalized spacial score (nSPS) is 14.9. The third-order valence-electron chi connectivity index (χ3n) is 1.92. The van der Waals surface area contributed by atoms with E-state index in [1.54, 1.807) is 23.5 Å². The molecule has 0 fully saturated rings. The van der Waals surface area contributed by atoms with Crippen molar-refractivity contribution in [3.63, 3.8) is 0 Å². The minimum Gasteiger partial charge on any atom is -0.271 e. The summed E-state index contributed by atoms with van der Waals surface area (Å²) >= 11 is 3.31. The lowest BCUT2D eigenvalue weighted by molar-refractivity contribution is 0.337. The van der Waals surface area contributed by atoms with Crippen LogP contribution in [-0.4, -0.2) is 52.1 Å². The van der Waals surface area contributed by atoms with Gasteiger partial charge in [0, 0.05) is 10.5 Å². The smallest absolute Gasteiger partial charge is 0.257 e. The molecule has 2 atom stereocenters. The molecule has 19 heavy (non-hydrogen) atoms. The Hall–Kier alpha value is 0.520. The van der Waals surface area contributed by atoms with Gasteiger partial charge in [-0.05, 0) is 17.9 Å². The fourth-order valence-corrected chi connectivity index (χ4v) is 3.89. The number of thiol groups is 2. The van der Waals surface area contributed by atoms with Crippen molar-refractivity contribution < 1.29 is 25.2 Å². The molecule has 0 aliphatic rings. The first-order valence-corrected chi connectivity index (χ1v) is 9.98. The van der Waals surface area contributed by atoms with Crippen molar-refractivity contribution in [2.24, 2.45) is 0 Å². The van der Waals surface area contributed by atoms with Gasteiger partial charge < -0.3 is 0 Å². The van der Waals surface area contributed by atoms with Gasteiger partial charge in [-0.1, -0.05) is 13.8 Å². The molecule has 0 rings (SSSR count). The molecule has 6 nitrogen and oxygen atoms in total. The second-order valence-electron chi connectivity index (χ2n) is 3.76. The molecular formula is C9H20O6S4. The molecule has 0 saturated heterocycles. The van der Waals surface area contributed by atoms with Crippen molar-refractivity contribution in [3.05, 3.63) is 0 Å². The zero-order chi connectivity index (χ0) is 14.7. The van der Waals surface area contributed by atoms with Crippen molar-refractivity contribution in [2.45, 2.75) is 30.8 Å². The molecule has 0 aromatic carbocycles. The predicted octanol–water partition coefficient (Wildman–Crippen LogP) is 0.706. The van der Waals surface area contributed by atoms with Crippen molar-refractivity contribution >= 4 is 45.5 Å². The second-order valence-corrected chi connectivity index (χ2v) is 8.26. The Kier molecular flexibility index (Phi) is 12.6. The molecule has 0 N–H and O–H groups in total. The van der Waals surface area contributed by atoms with E-state index >= 15 is 0 Å². The summed E-state index contributed by atoms with van der Waals surface area (Å²) in [7, 11) is -5.51. The van der Waals surface area contributed by atoms with Crippen LogP contribution in [0, 0.1) is 0 Å². The Morgan fingerprint density at radius 3 is 1.53 bits per heavy atom. The standard InChI is InChI=1S/C9H20O6S4/c1-8(6-14-18(10)11)16-4-3-5-17-9(2)7-15-19(12)13/h8-9,18-19H,3-7H2,1-2H3. The summed E-state index contributed by atoms with van der Waals surface area (Å²) < 4.78 is 49.9. The van der Waals surface area contributed by atoms with Crippen LogP contribution in [0.5, 0.6) is 0 Å². The molecule has 0 bridgehead atoms. The Morgan fingerprint density at radius 1 is 0.842 bits per heavy atom. The fraction of sp³-hybridized carbons (Fsp3) is 1.00. The molecule has 0 saturated carbocycles. The lowest BCUT2D eigenvalue weighted by Gasteiger charge is -2.10. The lowest BCUT2D eigenvalue weighted by Crippen LogP contribution is -2.09. The molecule has 10 heteroatoms. The van der Waals surface area contributed by atoms with Crippen LogP contribution >= 0.6 is 23.5 Å². The highest BCUT2D eigenvalue weighted by Gasteiger charge is 2.05. The molecule has 0 radical (unpaired) electrons. The molecule has 0 amide bonds. The van der Waals surface area contributed by atoms with Crippen LogP contribution in [0.25, 0.3) is 0 Å². The first-order chi connectivity index (χ1) is 8.91. The molecular weight excluding hydrogens is 332 g/mol. The lowest BCUT2D eigenvalue weighted by atomic mass is 10.5. The quantitative estimate of drug-likeness (QED) is 0.392. The van der Waals surface area contributed by atoms with Crippen LogP contribution in [0.2, 0.25) is 0 Å². The Morgan fingerprint density at radius 2 is 1.21 bits per heavy atom. The Bertz CT molecular complexity index is 318. The second kappa shape index (κ2) is 12.3. The minimum atomic E-state index is -2.75. The largest absolute Gasteiger partial charge is 0.271 e. The molecule has 0 aliphatic carbocycles. The zero-order valence-corrected chi connectivity index (χ0v) is 14.3. The van der Waals surface area contributed by atoms with Gasteiger partial charge in [-0.25, -0.2) is 16.8 Å². The molecule has 0 aromatic heterocycles. The number of thioether (sulfide) groups is 2. The van der Waals surface area contributed by atoms with E-state index in [1.165, 1.54) is 0 Å². The topological polar surface area (TPSA) is 86.7 Å². The minimum absolute atomic E-state index is 0.142. The number of hydrogen-bond donors (Lipinski definition) is 2. The summed E-state index contributed by atoms with van der Waals surface area (Å²) in [5, 5.41) is 0.284. The number of hydrogen-bond acceptors (Lipinski definition) is 8. The van der Waals surface area contributed by atoms with E-state index in [1.807, 2.05) is 13.8 Å². The zero-order valence-electron chi connectivity index (χ0n) is 10.9. The van der Waals surface area contributed by atoms with Gasteiger partial charge in [0.1, 0.15) is 0 Å². The average molecular weight is 353 g/mol. The van der Waals surface area contributed by atoms with Gasteiger partial charge in [0.05, 0.1) is 13.2 Å². The van der Waals surface area contributed by atoms with Gasteiger partial charge in [-0.3, -0.25) is 8.37 Å². The van der Waals surface area contributed by atoms with E-state index in [-0.39, 0.29) is 23.7 Å². The van der Waals surface area contributed by atoms with E-state index in [4.69, 9.17) is 0 Å². The average Bonchev–Trinajstić information content (AvgIpc) is 2.33. The maximum atomic E-state index is 10.2. The predicted molar refractivity (Wildman–Crippen MR) is 81.0 cm³/mol. The van der Waals surface area contributed by atoms with Crippen molar-refractivity contribution in [1.29, 1.82) is 0 Å². The van der Waals surface area contributed by atoms with Gasteiger partial charge in [-0.15, -0.1) is 0 Å². The summed E-state index contributed by atoms with van der Waals surface area (Å²) in [5.41, 5.74) is 0. The van der Waals surface area contributed by atoms with Gasteiger partial charge in [0.15, 0.2) is 0 Å². The number of rotatable bonds is 12. The Labute approximate surface area is 126 Å². The summed E-state index contributed by atoms with van der Waals surface area (Å²) in [4.78, 5) is 0. The van der Waals surface area contributed by atoms with E-state index in [0.717, 1.165) is 17.9 Å². The fourth-order valence-electron chi connectivity index (χ4n) is 1.06. The van der Waals surface area contributed by atoms with Gasteiger partial charge in [0.2, 0.25) is 0 Å². The van der Waals surface area contributed by atoms with E-state index in [0.29, 0.717) is 0 Å². The monoisotopic (exact) mass is 352 g/mol. The third kappa shape index (κ3) is 14.7. The molecule has 0 aliphatic heterocycles. The summed E-state index contributed by atoms with van der Waals surface area (Å²) in [5.74, 6) is 1.83. The molecule has 0 spiro atoms.